The molecule has 10 heteroatoms. The van der Waals surface area contributed by atoms with Gasteiger partial charge in [-0.1, -0.05) is 0 Å². The maximum atomic E-state index is 13.0. The van der Waals surface area contributed by atoms with E-state index in [0.717, 1.165) is 28.1 Å². The van der Waals surface area contributed by atoms with Gasteiger partial charge >= 0.3 is 6.18 Å². The van der Waals surface area contributed by atoms with Crippen molar-refractivity contribution < 1.29 is 18.0 Å². The molecule has 2 aromatic heterocycles. The third-order valence-electron chi connectivity index (χ3n) is 5.18. The van der Waals surface area contributed by atoms with Gasteiger partial charge in [-0.15, -0.1) is 10.2 Å². The lowest BCUT2D eigenvalue weighted by Gasteiger charge is -2.34. The molecular formula is C17H23F3N6O. The lowest BCUT2D eigenvalue weighted by molar-refractivity contribution is -0.148. The molecule has 0 saturated heterocycles. The highest BCUT2D eigenvalue weighted by molar-refractivity contribution is 5.77. The second-order valence-electron chi connectivity index (χ2n) is 6.76. The normalized spacial score (nSPS) is 17.3. The van der Waals surface area contributed by atoms with Gasteiger partial charge in [-0.05, 0) is 39.7 Å². The van der Waals surface area contributed by atoms with E-state index < -0.39 is 18.0 Å². The highest BCUT2D eigenvalue weighted by Gasteiger charge is 2.41. The highest BCUT2D eigenvalue weighted by Crippen LogP contribution is 2.33. The Balaban J connectivity index is 1.72. The molecule has 1 atom stereocenters. The van der Waals surface area contributed by atoms with Gasteiger partial charge in [0.25, 0.3) is 0 Å². The van der Waals surface area contributed by atoms with Crippen molar-refractivity contribution in [2.75, 3.05) is 6.54 Å². The Hall–Kier alpha value is -2.39. The number of hydrogen-bond donors (Lipinski definition) is 0. The second kappa shape index (κ2) is 6.97. The summed E-state index contributed by atoms with van der Waals surface area (Å²) in [5.41, 5.74) is 3.00. The van der Waals surface area contributed by atoms with Crippen LogP contribution in [-0.4, -0.2) is 41.9 Å². The van der Waals surface area contributed by atoms with Crippen LogP contribution in [0.4, 0.5) is 13.2 Å². The van der Waals surface area contributed by atoms with E-state index in [-0.39, 0.29) is 31.2 Å². The van der Waals surface area contributed by atoms with Crippen LogP contribution < -0.4 is 0 Å². The van der Waals surface area contributed by atoms with Crippen LogP contribution in [0, 0.1) is 13.8 Å². The summed E-state index contributed by atoms with van der Waals surface area (Å²) in [5.74, 6) is -0.934. The van der Waals surface area contributed by atoms with Crippen LogP contribution in [0.25, 0.3) is 0 Å². The molecule has 3 heterocycles. The Labute approximate surface area is 155 Å². The smallest absolute Gasteiger partial charge is 0.331 e. The second-order valence-corrected chi connectivity index (χ2v) is 6.76. The summed E-state index contributed by atoms with van der Waals surface area (Å²) in [5, 5.41) is 11.4. The van der Waals surface area contributed by atoms with E-state index in [1.165, 1.54) is 0 Å². The quantitative estimate of drug-likeness (QED) is 0.813. The van der Waals surface area contributed by atoms with Gasteiger partial charge in [0.15, 0.2) is 5.82 Å². The lowest BCUT2D eigenvalue weighted by Crippen LogP contribution is -2.42. The van der Waals surface area contributed by atoms with Crippen LogP contribution in [0.3, 0.4) is 0 Å². The summed E-state index contributed by atoms with van der Waals surface area (Å²) in [6.45, 7) is 8.61. The van der Waals surface area contributed by atoms with Crippen LogP contribution in [0.1, 0.15) is 54.9 Å². The molecule has 7 nitrogen and oxygen atoms in total. The largest absolute Gasteiger partial charge is 0.451 e. The number of alkyl halides is 3. The summed E-state index contributed by atoms with van der Waals surface area (Å²) in [7, 11) is 0. The minimum absolute atomic E-state index is 0.0408. The fourth-order valence-corrected chi connectivity index (χ4v) is 3.72. The van der Waals surface area contributed by atoms with Crippen molar-refractivity contribution in [3.05, 3.63) is 28.6 Å². The zero-order chi connectivity index (χ0) is 19.9. The average molecular weight is 384 g/mol. The number of nitrogens with zero attached hydrogens (tertiary/aromatic N) is 6. The van der Waals surface area contributed by atoms with Crippen LogP contribution in [0.5, 0.6) is 0 Å². The number of rotatable bonds is 4. The molecule has 1 amide bonds. The number of hydrogen-bond acceptors (Lipinski definition) is 4. The van der Waals surface area contributed by atoms with Crippen molar-refractivity contribution in [1.82, 2.24) is 29.4 Å². The van der Waals surface area contributed by atoms with Gasteiger partial charge in [-0.2, -0.15) is 18.3 Å². The summed E-state index contributed by atoms with van der Waals surface area (Å²) in [6.07, 6.45) is -3.71. The summed E-state index contributed by atoms with van der Waals surface area (Å²) in [4.78, 5) is 14.3. The standard InChI is InChI=1S/C17H23F3N6O/c1-5-26-11(3)13(10(2)23-26)6-7-14(27)24-8-9-25-15(12(24)4)21-22-16(25)17(18,19)20/h12H,5-9H2,1-4H3. The van der Waals surface area contributed by atoms with Crippen molar-refractivity contribution in [3.63, 3.8) is 0 Å². The van der Waals surface area contributed by atoms with Gasteiger partial charge in [0.2, 0.25) is 11.7 Å². The first kappa shape index (κ1) is 19.4. The van der Waals surface area contributed by atoms with E-state index in [9.17, 15) is 18.0 Å². The molecule has 0 radical (unpaired) electrons. The molecule has 3 rings (SSSR count). The molecular weight excluding hydrogens is 361 g/mol. The monoisotopic (exact) mass is 384 g/mol. The molecule has 0 fully saturated rings. The van der Waals surface area contributed by atoms with Crippen molar-refractivity contribution >= 4 is 5.91 Å². The van der Waals surface area contributed by atoms with Gasteiger partial charge in [0, 0.05) is 31.7 Å². The van der Waals surface area contributed by atoms with Gasteiger partial charge in [-0.3, -0.25) is 9.48 Å². The highest BCUT2D eigenvalue weighted by atomic mass is 19.4. The summed E-state index contributed by atoms with van der Waals surface area (Å²) in [6, 6.07) is -0.546. The van der Waals surface area contributed by atoms with Crippen LogP contribution in [0.2, 0.25) is 0 Å². The third kappa shape index (κ3) is 3.44. The number of aromatic nitrogens is 5. The molecule has 148 valence electrons. The zero-order valence-electron chi connectivity index (χ0n) is 15.8. The van der Waals surface area contributed by atoms with Crippen molar-refractivity contribution in [2.24, 2.45) is 0 Å². The van der Waals surface area contributed by atoms with E-state index in [0.29, 0.717) is 6.42 Å². The summed E-state index contributed by atoms with van der Waals surface area (Å²) >= 11 is 0. The molecule has 27 heavy (non-hydrogen) atoms. The predicted octanol–water partition coefficient (Wildman–Crippen LogP) is 2.67. The topological polar surface area (TPSA) is 68.8 Å². The van der Waals surface area contributed by atoms with E-state index in [2.05, 4.69) is 15.3 Å². The van der Waals surface area contributed by atoms with Gasteiger partial charge in [0.1, 0.15) is 0 Å². The van der Waals surface area contributed by atoms with Crippen molar-refractivity contribution in [1.29, 1.82) is 0 Å². The van der Waals surface area contributed by atoms with Gasteiger partial charge in [-0.25, -0.2) is 0 Å². The Kier molecular flexibility index (Phi) is 5.00. The third-order valence-corrected chi connectivity index (χ3v) is 5.18. The van der Waals surface area contributed by atoms with Gasteiger partial charge in [0.05, 0.1) is 11.7 Å². The SMILES string of the molecule is CCn1nc(C)c(CCC(=O)N2CCn3c(nnc3C(F)(F)F)C2C)c1C. The molecule has 0 bridgehead atoms. The minimum Gasteiger partial charge on any atom is -0.331 e. The Morgan fingerprint density at radius 2 is 1.93 bits per heavy atom. The predicted molar refractivity (Wildman–Crippen MR) is 90.8 cm³/mol. The summed E-state index contributed by atoms with van der Waals surface area (Å²) < 4.78 is 42.0. The molecule has 0 aromatic carbocycles. The van der Waals surface area contributed by atoms with E-state index in [1.54, 1.807) is 11.8 Å². The number of aryl methyl sites for hydroxylation is 2. The Bertz CT molecular complexity index is 854. The van der Waals surface area contributed by atoms with E-state index in [4.69, 9.17) is 0 Å². The van der Waals surface area contributed by atoms with E-state index in [1.807, 2.05) is 25.5 Å². The zero-order valence-corrected chi connectivity index (χ0v) is 15.8. The van der Waals surface area contributed by atoms with Gasteiger partial charge < -0.3 is 9.47 Å². The molecule has 2 aromatic rings. The molecule has 1 unspecified atom stereocenters. The van der Waals surface area contributed by atoms with Crippen LogP contribution >= 0.6 is 0 Å². The van der Waals surface area contributed by atoms with E-state index >= 15 is 0 Å². The Morgan fingerprint density at radius 3 is 2.52 bits per heavy atom. The molecule has 1 aliphatic heterocycles. The number of carbonyl (C=O) groups excluding carboxylic acids is 1. The maximum Gasteiger partial charge on any atom is 0.451 e. The first-order valence-electron chi connectivity index (χ1n) is 8.97. The first-order valence-corrected chi connectivity index (χ1v) is 8.97. The first-order chi connectivity index (χ1) is 12.6. The van der Waals surface area contributed by atoms with Crippen LogP contribution in [-0.2, 0) is 30.5 Å². The molecule has 0 N–H and O–H groups in total. The number of fused-ring (bicyclic) bond motifs is 1. The number of halogens is 3. The van der Waals surface area contributed by atoms with Crippen molar-refractivity contribution in [2.45, 2.75) is 65.8 Å². The van der Waals surface area contributed by atoms with Crippen molar-refractivity contribution in [3.8, 4) is 0 Å². The minimum atomic E-state index is -4.55. The van der Waals surface area contributed by atoms with Crippen LogP contribution in [0.15, 0.2) is 0 Å². The maximum absolute atomic E-state index is 13.0. The Morgan fingerprint density at radius 1 is 1.22 bits per heavy atom. The number of carbonyl (C=O) groups is 1. The molecule has 1 aliphatic rings. The molecule has 0 saturated carbocycles. The molecule has 0 spiro atoms. The lowest BCUT2D eigenvalue weighted by atomic mass is 10.1. The fourth-order valence-electron chi connectivity index (χ4n) is 3.72. The molecule has 0 aliphatic carbocycles. The number of amides is 1. The fraction of sp³-hybridized carbons (Fsp3) is 0.647. The average Bonchev–Trinajstić information content (AvgIpc) is 3.15.